The Labute approximate surface area is 116 Å². The van der Waals surface area contributed by atoms with Crippen LogP contribution in [0.1, 0.15) is 33.6 Å². The van der Waals surface area contributed by atoms with Crippen molar-refractivity contribution in [3.8, 4) is 0 Å². The summed E-state index contributed by atoms with van der Waals surface area (Å²) < 4.78 is 33.0. The molecule has 1 heterocycles. The highest BCUT2D eigenvalue weighted by Crippen LogP contribution is 2.35. The molecular formula is C12H21F2N4O2+. The monoisotopic (exact) mass is 291 g/mol. The maximum absolute atomic E-state index is 14.0. The van der Waals surface area contributed by atoms with E-state index in [-0.39, 0.29) is 25.9 Å². The summed E-state index contributed by atoms with van der Waals surface area (Å²) in [5.74, 6) is -3.81. The van der Waals surface area contributed by atoms with E-state index in [0.717, 1.165) is 4.90 Å². The number of ether oxygens (including phenoxy) is 1. The molecule has 1 rings (SSSR count). The number of hydrogen-bond acceptors (Lipinski definition) is 4. The van der Waals surface area contributed by atoms with Crippen molar-refractivity contribution in [2.45, 2.75) is 45.1 Å². The third-order valence-electron chi connectivity index (χ3n) is 3.05. The minimum Gasteiger partial charge on any atom is -0.444 e. The van der Waals surface area contributed by atoms with E-state index in [0.29, 0.717) is 0 Å². The molecule has 1 atom stereocenters. The summed E-state index contributed by atoms with van der Waals surface area (Å²) in [6.07, 6.45) is -0.349. The van der Waals surface area contributed by atoms with Gasteiger partial charge in [0, 0.05) is 12.5 Å². The van der Waals surface area contributed by atoms with Gasteiger partial charge in [0.1, 0.15) is 22.8 Å². The number of amides is 1. The van der Waals surface area contributed by atoms with E-state index in [4.69, 9.17) is 10.3 Å². The molecule has 6 nitrogen and oxygen atoms in total. The Morgan fingerprint density at radius 3 is 2.70 bits per heavy atom. The molecule has 114 valence electrons. The molecular weight excluding hydrogens is 270 g/mol. The van der Waals surface area contributed by atoms with Crippen LogP contribution in [0.15, 0.2) is 5.11 Å². The Kier molecular flexibility index (Phi) is 5.16. The van der Waals surface area contributed by atoms with Crippen LogP contribution in [-0.2, 0) is 4.74 Å². The Morgan fingerprint density at radius 1 is 1.55 bits per heavy atom. The van der Waals surface area contributed by atoms with Gasteiger partial charge in [-0.3, -0.25) is 0 Å². The maximum Gasteiger partial charge on any atom is 0.410 e. The average molecular weight is 291 g/mol. The van der Waals surface area contributed by atoms with Crippen molar-refractivity contribution < 1.29 is 18.3 Å². The number of hydrogen-bond donors (Lipinski definition) is 1. The highest BCUT2D eigenvalue weighted by Gasteiger charge is 2.46. The summed E-state index contributed by atoms with van der Waals surface area (Å²) in [6.45, 7) is 4.80. The SMILES string of the molecule is CC(C)(C)OC(=O)N1CCC(CCN=[N+]=N)C(F)(F)C1. The molecule has 0 bridgehead atoms. The lowest BCUT2D eigenvalue weighted by molar-refractivity contribution is -0.111. The van der Waals surface area contributed by atoms with Gasteiger partial charge in [0.05, 0.1) is 6.54 Å². The molecule has 1 aliphatic heterocycles. The van der Waals surface area contributed by atoms with Gasteiger partial charge >= 0.3 is 6.09 Å². The first-order chi connectivity index (χ1) is 9.15. The second-order valence-corrected chi connectivity index (χ2v) is 5.90. The first-order valence-electron chi connectivity index (χ1n) is 6.54. The van der Waals surface area contributed by atoms with Gasteiger partial charge in [-0.15, -0.1) is 0 Å². The summed E-state index contributed by atoms with van der Waals surface area (Å²) in [4.78, 5) is 15.6. The minimum absolute atomic E-state index is 0.107. The fraction of sp³-hybridized carbons (Fsp3) is 0.917. The molecule has 0 aromatic heterocycles. The molecule has 1 N–H and O–H groups in total. The summed E-state index contributed by atoms with van der Waals surface area (Å²) in [7, 11) is 0. The molecule has 0 aromatic carbocycles. The number of nitrogens with one attached hydrogen (secondary N) is 1. The zero-order chi connectivity index (χ0) is 15.4. The Bertz CT molecular complexity index is 403. The number of halogens is 2. The molecule has 8 heteroatoms. The highest BCUT2D eigenvalue weighted by atomic mass is 19.3. The van der Waals surface area contributed by atoms with Gasteiger partial charge in [0.25, 0.3) is 5.92 Å². The normalized spacial score (nSPS) is 22.1. The van der Waals surface area contributed by atoms with Crippen molar-refractivity contribution >= 4 is 6.09 Å². The van der Waals surface area contributed by atoms with Crippen LogP contribution in [0.4, 0.5) is 13.6 Å². The molecule has 0 aromatic rings. The zero-order valence-corrected chi connectivity index (χ0v) is 12.0. The number of carbonyl (C=O) groups is 1. The van der Waals surface area contributed by atoms with Crippen LogP contribution in [0.5, 0.6) is 0 Å². The molecule has 0 spiro atoms. The van der Waals surface area contributed by atoms with Crippen molar-refractivity contribution in [2.75, 3.05) is 19.6 Å². The molecule has 1 saturated heterocycles. The van der Waals surface area contributed by atoms with E-state index in [1.807, 2.05) is 0 Å². The van der Waals surface area contributed by atoms with E-state index in [2.05, 4.69) is 10.0 Å². The van der Waals surface area contributed by atoms with Gasteiger partial charge < -0.3 is 9.64 Å². The van der Waals surface area contributed by atoms with E-state index >= 15 is 0 Å². The van der Waals surface area contributed by atoms with Gasteiger partial charge in [0.2, 0.25) is 4.91 Å². The van der Waals surface area contributed by atoms with Crippen LogP contribution in [-0.4, -0.2) is 42.2 Å². The van der Waals surface area contributed by atoms with Crippen LogP contribution in [0.25, 0.3) is 0 Å². The third-order valence-corrected chi connectivity index (χ3v) is 3.05. The van der Waals surface area contributed by atoms with Gasteiger partial charge in [-0.2, -0.15) is 0 Å². The van der Waals surface area contributed by atoms with Crippen molar-refractivity contribution in [2.24, 2.45) is 11.0 Å². The summed E-state index contributed by atoms with van der Waals surface area (Å²) >= 11 is 0. The number of likely N-dealkylation sites (tertiary alicyclic amines) is 1. The first-order valence-corrected chi connectivity index (χ1v) is 6.54. The minimum atomic E-state index is -2.97. The summed E-state index contributed by atoms with van der Waals surface area (Å²) in [6, 6.07) is 0. The lowest BCUT2D eigenvalue weighted by Gasteiger charge is -2.38. The van der Waals surface area contributed by atoms with E-state index in [1.165, 1.54) is 0 Å². The largest absolute Gasteiger partial charge is 0.444 e. The van der Waals surface area contributed by atoms with Crippen molar-refractivity contribution in [3.63, 3.8) is 0 Å². The number of carbonyl (C=O) groups excluding carboxylic acids is 1. The first kappa shape index (κ1) is 16.5. The number of alkyl halides is 2. The molecule has 1 fully saturated rings. The van der Waals surface area contributed by atoms with Crippen LogP contribution in [0.2, 0.25) is 0 Å². The number of piperidine rings is 1. The summed E-state index contributed by atoms with van der Waals surface area (Å²) in [5, 5.41) is 3.39. The predicted molar refractivity (Wildman–Crippen MR) is 67.6 cm³/mol. The molecule has 0 saturated carbocycles. The highest BCUT2D eigenvalue weighted by molar-refractivity contribution is 5.68. The van der Waals surface area contributed by atoms with Crippen LogP contribution in [0, 0.1) is 11.4 Å². The average Bonchev–Trinajstić information content (AvgIpc) is 2.28. The Morgan fingerprint density at radius 2 is 2.20 bits per heavy atom. The lowest BCUT2D eigenvalue weighted by Crippen LogP contribution is -2.52. The second kappa shape index (κ2) is 6.26. The van der Waals surface area contributed by atoms with Crippen LogP contribution < -0.4 is 4.91 Å². The topological polar surface area (TPSA) is 79.8 Å². The molecule has 1 aliphatic rings. The number of rotatable bonds is 3. The molecule has 0 radical (unpaired) electrons. The van der Waals surface area contributed by atoms with Crippen molar-refractivity contribution in [3.05, 3.63) is 0 Å². The standard InChI is InChI=1S/C12H21F2N4O2/c1-11(2,3)20-10(19)18-7-5-9(4-6-16-17-15)12(13,14)8-18/h9,15H,4-8H2,1-3H3/q+1. The van der Waals surface area contributed by atoms with E-state index in [9.17, 15) is 13.6 Å². The van der Waals surface area contributed by atoms with Gasteiger partial charge in [0.15, 0.2) is 0 Å². The second-order valence-electron chi connectivity index (χ2n) is 5.90. The third kappa shape index (κ3) is 4.85. The van der Waals surface area contributed by atoms with Gasteiger partial charge in [-0.25, -0.2) is 13.6 Å². The molecule has 0 aliphatic carbocycles. The Balaban J connectivity index is 2.59. The Hall–Kier alpha value is -1.56. The van der Waals surface area contributed by atoms with Crippen LogP contribution >= 0.6 is 0 Å². The zero-order valence-electron chi connectivity index (χ0n) is 12.0. The molecule has 1 amide bonds. The maximum atomic E-state index is 14.0. The van der Waals surface area contributed by atoms with Crippen molar-refractivity contribution in [1.82, 2.24) is 9.81 Å². The summed E-state index contributed by atoms with van der Waals surface area (Å²) in [5.41, 5.74) is 5.80. The fourth-order valence-corrected chi connectivity index (χ4v) is 2.09. The quantitative estimate of drug-likeness (QED) is 0.641. The lowest BCUT2D eigenvalue weighted by atomic mass is 9.90. The molecule has 20 heavy (non-hydrogen) atoms. The van der Waals surface area contributed by atoms with E-state index in [1.54, 1.807) is 20.8 Å². The van der Waals surface area contributed by atoms with E-state index < -0.39 is 30.1 Å². The predicted octanol–water partition coefficient (Wildman–Crippen LogP) is 2.82. The van der Waals surface area contributed by atoms with Gasteiger partial charge in [-0.05, 0) is 33.6 Å². The smallest absolute Gasteiger partial charge is 0.410 e. The fourth-order valence-electron chi connectivity index (χ4n) is 2.09. The van der Waals surface area contributed by atoms with Crippen molar-refractivity contribution in [1.29, 1.82) is 5.53 Å². The van der Waals surface area contributed by atoms with Crippen LogP contribution in [0.3, 0.4) is 0 Å². The number of nitrogens with zero attached hydrogens (tertiary/aromatic N) is 3. The molecule has 1 unspecified atom stereocenters. The van der Waals surface area contributed by atoms with Gasteiger partial charge in [-0.1, -0.05) is 0 Å².